The number of carbonyl (C=O) groups is 1. The van der Waals surface area contributed by atoms with Crippen molar-refractivity contribution in [1.29, 1.82) is 0 Å². The number of hydrogen-bond donors (Lipinski definition) is 1. The fourth-order valence-electron chi connectivity index (χ4n) is 1.50. The van der Waals surface area contributed by atoms with Crippen molar-refractivity contribution in [2.45, 2.75) is 6.92 Å². The van der Waals surface area contributed by atoms with Crippen LogP contribution in [0.5, 0.6) is 0 Å². The van der Waals surface area contributed by atoms with Gasteiger partial charge in [-0.15, -0.1) is 6.58 Å². The Bertz CT molecular complexity index is 482. The van der Waals surface area contributed by atoms with Gasteiger partial charge in [0.25, 0.3) is 0 Å². The standard InChI is InChI=1S/C14H16Cl2N2O/c1-3-8-18(9-7-13(15)16)14(19)17-12-6-4-5-11(2)10-12/h3-7,10H,1,8-9H2,2H3,(H,17,19). The Morgan fingerprint density at radius 3 is 2.74 bits per heavy atom. The minimum Gasteiger partial charge on any atom is -0.317 e. The van der Waals surface area contributed by atoms with Gasteiger partial charge in [-0.25, -0.2) is 4.79 Å². The van der Waals surface area contributed by atoms with Crippen molar-refractivity contribution in [3.8, 4) is 0 Å². The van der Waals surface area contributed by atoms with Crippen LogP contribution < -0.4 is 5.32 Å². The minimum absolute atomic E-state index is 0.136. The third kappa shape index (κ3) is 5.81. The molecule has 1 aromatic carbocycles. The molecule has 102 valence electrons. The molecule has 5 heteroatoms. The summed E-state index contributed by atoms with van der Waals surface area (Å²) in [5, 5.41) is 2.82. The molecule has 0 radical (unpaired) electrons. The van der Waals surface area contributed by atoms with E-state index in [1.165, 1.54) is 0 Å². The van der Waals surface area contributed by atoms with Crippen LogP contribution in [0.4, 0.5) is 10.5 Å². The second-order valence-corrected chi connectivity index (χ2v) is 4.99. The van der Waals surface area contributed by atoms with Crippen LogP contribution in [0.25, 0.3) is 0 Å². The molecule has 0 atom stereocenters. The van der Waals surface area contributed by atoms with E-state index in [0.717, 1.165) is 11.3 Å². The van der Waals surface area contributed by atoms with Crippen LogP contribution in [-0.4, -0.2) is 24.0 Å². The number of benzene rings is 1. The van der Waals surface area contributed by atoms with E-state index in [4.69, 9.17) is 23.2 Å². The van der Waals surface area contributed by atoms with Crippen molar-refractivity contribution >= 4 is 34.9 Å². The first-order valence-electron chi connectivity index (χ1n) is 5.77. The third-order valence-electron chi connectivity index (χ3n) is 2.37. The number of rotatable bonds is 5. The molecule has 0 aliphatic heterocycles. The first kappa shape index (κ1) is 15.6. The zero-order valence-corrected chi connectivity index (χ0v) is 12.2. The van der Waals surface area contributed by atoms with Gasteiger partial charge in [-0.3, -0.25) is 0 Å². The average Bonchev–Trinajstić information content (AvgIpc) is 2.34. The van der Waals surface area contributed by atoms with Crippen LogP contribution in [0.3, 0.4) is 0 Å². The van der Waals surface area contributed by atoms with Gasteiger partial charge in [-0.2, -0.15) is 0 Å². The van der Waals surface area contributed by atoms with E-state index in [2.05, 4.69) is 11.9 Å². The van der Waals surface area contributed by atoms with Crippen molar-refractivity contribution in [2.75, 3.05) is 18.4 Å². The summed E-state index contributed by atoms with van der Waals surface area (Å²) in [4.78, 5) is 13.6. The van der Waals surface area contributed by atoms with Crippen molar-refractivity contribution in [1.82, 2.24) is 4.90 Å². The molecule has 0 heterocycles. The van der Waals surface area contributed by atoms with Crippen molar-refractivity contribution in [3.63, 3.8) is 0 Å². The lowest BCUT2D eigenvalue weighted by atomic mass is 10.2. The van der Waals surface area contributed by atoms with E-state index in [-0.39, 0.29) is 10.5 Å². The molecule has 2 amide bonds. The lowest BCUT2D eigenvalue weighted by Gasteiger charge is -2.20. The first-order chi connectivity index (χ1) is 9.02. The number of hydrogen-bond acceptors (Lipinski definition) is 1. The molecule has 0 spiro atoms. The first-order valence-corrected chi connectivity index (χ1v) is 6.53. The second kappa shape index (κ2) is 7.87. The van der Waals surface area contributed by atoms with Gasteiger partial charge < -0.3 is 10.2 Å². The molecule has 1 N–H and O–H groups in total. The molecular formula is C14H16Cl2N2O. The van der Waals surface area contributed by atoms with E-state index in [0.29, 0.717) is 13.1 Å². The zero-order valence-electron chi connectivity index (χ0n) is 10.7. The van der Waals surface area contributed by atoms with Crippen molar-refractivity contribution in [2.24, 2.45) is 0 Å². The van der Waals surface area contributed by atoms with E-state index >= 15 is 0 Å². The Labute approximate surface area is 123 Å². The maximum absolute atomic E-state index is 12.1. The molecule has 3 nitrogen and oxygen atoms in total. The van der Waals surface area contributed by atoms with Crippen molar-refractivity contribution in [3.05, 3.63) is 53.1 Å². The summed E-state index contributed by atoms with van der Waals surface area (Å²) in [6.07, 6.45) is 3.20. The van der Waals surface area contributed by atoms with Gasteiger partial charge >= 0.3 is 6.03 Å². The van der Waals surface area contributed by atoms with Gasteiger partial charge in [0.05, 0.1) is 0 Å². The molecule has 0 fully saturated rings. The van der Waals surface area contributed by atoms with Crippen LogP contribution in [0, 0.1) is 6.92 Å². The van der Waals surface area contributed by atoms with E-state index < -0.39 is 0 Å². The highest BCUT2D eigenvalue weighted by atomic mass is 35.5. The van der Waals surface area contributed by atoms with Crippen LogP contribution in [0.15, 0.2) is 47.5 Å². The lowest BCUT2D eigenvalue weighted by Crippen LogP contribution is -2.35. The maximum atomic E-state index is 12.1. The Kier molecular flexibility index (Phi) is 6.46. The number of halogens is 2. The molecule has 0 unspecified atom stereocenters. The van der Waals surface area contributed by atoms with Gasteiger partial charge in [-0.05, 0) is 30.7 Å². The Morgan fingerprint density at radius 1 is 1.42 bits per heavy atom. The number of amides is 2. The predicted octanol–water partition coefficient (Wildman–Crippen LogP) is 4.33. The molecule has 1 aromatic rings. The van der Waals surface area contributed by atoms with Crippen LogP contribution >= 0.6 is 23.2 Å². The predicted molar refractivity (Wildman–Crippen MR) is 81.8 cm³/mol. The highest BCUT2D eigenvalue weighted by molar-refractivity contribution is 6.55. The number of urea groups is 1. The molecule has 0 saturated carbocycles. The fraction of sp³-hybridized carbons (Fsp3) is 0.214. The minimum atomic E-state index is -0.226. The third-order valence-corrected chi connectivity index (χ3v) is 2.68. The largest absolute Gasteiger partial charge is 0.322 e. The quantitative estimate of drug-likeness (QED) is 0.806. The van der Waals surface area contributed by atoms with Crippen LogP contribution in [0.2, 0.25) is 0 Å². The molecule has 1 rings (SSSR count). The van der Waals surface area contributed by atoms with Gasteiger partial charge in [0, 0.05) is 18.8 Å². The Hall–Kier alpha value is -1.45. The van der Waals surface area contributed by atoms with Crippen molar-refractivity contribution < 1.29 is 4.79 Å². The van der Waals surface area contributed by atoms with Gasteiger partial charge in [0.2, 0.25) is 0 Å². The number of nitrogens with zero attached hydrogens (tertiary/aromatic N) is 1. The fourth-order valence-corrected chi connectivity index (χ4v) is 1.64. The number of carbonyl (C=O) groups excluding carboxylic acids is 1. The smallest absolute Gasteiger partial charge is 0.317 e. The van der Waals surface area contributed by atoms with E-state index in [9.17, 15) is 4.79 Å². The SMILES string of the molecule is C=CCN(CC=C(Cl)Cl)C(=O)Nc1cccc(C)c1. The molecule has 0 saturated heterocycles. The summed E-state index contributed by atoms with van der Waals surface area (Å²) >= 11 is 11.1. The average molecular weight is 299 g/mol. The molecular weight excluding hydrogens is 283 g/mol. The van der Waals surface area contributed by atoms with Crippen LogP contribution in [0.1, 0.15) is 5.56 Å². The number of anilines is 1. The summed E-state index contributed by atoms with van der Waals surface area (Å²) in [6.45, 7) is 6.33. The van der Waals surface area contributed by atoms with Gasteiger partial charge in [0.15, 0.2) is 0 Å². The topological polar surface area (TPSA) is 32.3 Å². The van der Waals surface area contributed by atoms with Crippen LogP contribution in [-0.2, 0) is 0 Å². The molecule has 0 bridgehead atoms. The van der Waals surface area contributed by atoms with E-state index in [1.807, 2.05) is 31.2 Å². The molecule has 0 aromatic heterocycles. The zero-order chi connectivity index (χ0) is 14.3. The molecule has 19 heavy (non-hydrogen) atoms. The summed E-state index contributed by atoms with van der Waals surface area (Å²) < 4.78 is 0.136. The number of nitrogens with one attached hydrogen (secondary N) is 1. The summed E-state index contributed by atoms with van der Waals surface area (Å²) in [7, 11) is 0. The number of aryl methyl sites for hydroxylation is 1. The molecule has 0 aliphatic rings. The van der Waals surface area contributed by atoms with Gasteiger partial charge in [-0.1, -0.05) is 41.4 Å². The van der Waals surface area contributed by atoms with Gasteiger partial charge in [0.1, 0.15) is 4.49 Å². The second-order valence-electron chi connectivity index (χ2n) is 3.99. The Balaban J connectivity index is 2.71. The monoisotopic (exact) mass is 298 g/mol. The Morgan fingerprint density at radius 2 is 2.16 bits per heavy atom. The van der Waals surface area contributed by atoms with E-state index in [1.54, 1.807) is 17.1 Å². The molecule has 0 aliphatic carbocycles. The lowest BCUT2D eigenvalue weighted by molar-refractivity contribution is 0.222. The maximum Gasteiger partial charge on any atom is 0.322 e. The summed E-state index contributed by atoms with van der Waals surface area (Å²) in [5.41, 5.74) is 1.83. The normalized spacial score (nSPS) is 9.63. The summed E-state index contributed by atoms with van der Waals surface area (Å²) in [5.74, 6) is 0. The highest BCUT2D eigenvalue weighted by Crippen LogP contribution is 2.11. The highest BCUT2D eigenvalue weighted by Gasteiger charge is 2.11. The summed E-state index contributed by atoms with van der Waals surface area (Å²) in [6, 6.07) is 7.36.